The molecular formula is C15H25N3O. The van der Waals surface area contributed by atoms with E-state index < -0.39 is 5.41 Å². The van der Waals surface area contributed by atoms with Crippen molar-refractivity contribution in [1.29, 1.82) is 0 Å². The van der Waals surface area contributed by atoms with Gasteiger partial charge in [-0.1, -0.05) is 34.1 Å². The molecule has 0 bridgehead atoms. The van der Waals surface area contributed by atoms with E-state index in [1.807, 2.05) is 26.8 Å². The zero-order chi connectivity index (χ0) is 14.3. The first-order chi connectivity index (χ1) is 8.95. The van der Waals surface area contributed by atoms with Gasteiger partial charge in [0, 0.05) is 35.6 Å². The summed E-state index contributed by atoms with van der Waals surface area (Å²) >= 11 is 0. The Hall–Kier alpha value is -1.42. The van der Waals surface area contributed by atoms with Crippen molar-refractivity contribution in [2.75, 3.05) is 11.9 Å². The van der Waals surface area contributed by atoms with Crippen LogP contribution >= 0.6 is 0 Å². The Morgan fingerprint density at radius 1 is 1.37 bits per heavy atom. The number of amides is 1. The molecule has 0 saturated carbocycles. The maximum atomic E-state index is 12.0. The van der Waals surface area contributed by atoms with Gasteiger partial charge in [-0.2, -0.15) is 0 Å². The lowest BCUT2D eigenvalue weighted by atomic mass is 9.95. The lowest BCUT2D eigenvalue weighted by molar-refractivity contribution is -0.123. The van der Waals surface area contributed by atoms with Gasteiger partial charge in [-0.25, -0.2) is 0 Å². The number of aromatic nitrogens is 1. The fourth-order valence-electron chi connectivity index (χ4n) is 1.52. The molecule has 1 amide bonds. The van der Waals surface area contributed by atoms with Crippen LogP contribution in [0.25, 0.3) is 0 Å². The van der Waals surface area contributed by atoms with E-state index in [4.69, 9.17) is 0 Å². The molecule has 1 rings (SSSR count). The molecule has 0 spiro atoms. The standard InChI is InChI=1S/C15H25N3O/c1-5-6-8-16-10-12-11-17-9-7-13(12)18-14(19)15(2,3)4/h7,9,11,16H,5-6,8,10H2,1-4H3,(H,17,18,19). The van der Waals surface area contributed by atoms with Gasteiger partial charge in [-0.3, -0.25) is 9.78 Å². The van der Waals surface area contributed by atoms with Crippen LogP contribution in [0.5, 0.6) is 0 Å². The summed E-state index contributed by atoms with van der Waals surface area (Å²) in [6.45, 7) is 9.60. The van der Waals surface area contributed by atoms with Crippen molar-refractivity contribution >= 4 is 11.6 Å². The van der Waals surface area contributed by atoms with E-state index in [0.717, 1.165) is 30.8 Å². The smallest absolute Gasteiger partial charge is 0.229 e. The molecule has 0 atom stereocenters. The Morgan fingerprint density at radius 2 is 2.11 bits per heavy atom. The lowest BCUT2D eigenvalue weighted by Crippen LogP contribution is -2.28. The molecule has 0 aliphatic heterocycles. The third-order valence-corrected chi connectivity index (χ3v) is 2.86. The monoisotopic (exact) mass is 263 g/mol. The molecular weight excluding hydrogens is 238 g/mol. The molecule has 0 aliphatic carbocycles. The SMILES string of the molecule is CCCCNCc1cnccc1NC(=O)C(C)(C)C. The first-order valence-corrected chi connectivity index (χ1v) is 6.90. The largest absolute Gasteiger partial charge is 0.325 e. The summed E-state index contributed by atoms with van der Waals surface area (Å²) in [6.07, 6.45) is 5.84. The number of unbranched alkanes of at least 4 members (excludes halogenated alkanes) is 1. The number of anilines is 1. The second-order valence-electron chi connectivity index (χ2n) is 5.77. The zero-order valence-corrected chi connectivity index (χ0v) is 12.4. The number of nitrogens with zero attached hydrogens (tertiary/aromatic N) is 1. The summed E-state index contributed by atoms with van der Waals surface area (Å²) in [4.78, 5) is 16.1. The van der Waals surface area contributed by atoms with E-state index in [-0.39, 0.29) is 5.91 Å². The average molecular weight is 263 g/mol. The number of pyridine rings is 1. The summed E-state index contributed by atoms with van der Waals surface area (Å²) in [7, 11) is 0. The fourth-order valence-corrected chi connectivity index (χ4v) is 1.52. The summed E-state index contributed by atoms with van der Waals surface area (Å²) in [5.74, 6) is 0.0218. The van der Waals surface area contributed by atoms with Gasteiger partial charge < -0.3 is 10.6 Å². The third-order valence-electron chi connectivity index (χ3n) is 2.86. The zero-order valence-electron chi connectivity index (χ0n) is 12.4. The maximum Gasteiger partial charge on any atom is 0.229 e. The lowest BCUT2D eigenvalue weighted by Gasteiger charge is -2.19. The second kappa shape index (κ2) is 7.24. The Morgan fingerprint density at radius 3 is 2.74 bits per heavy atom. The van der Waals surface area contributed by atoms with Gasteiger partial charge >= 0.3 is 0 Å². The highest BCUT2D eigenvalue weighted by Crippen LogP contribution is 2.19. The Balaban J connectivity index is 2.65. The van der Waals surface area contributed by atoms with Gasteiger partial charge in [0.05, 0.1) is 0 Å². The van der Waals surface area contributed by atoms with Crippen molar-refractivity contribution in [3.8, 4) is 0 Å². The Kier molecular flexibility index (Phi) is 5.96. The molecule has 1 heterocycles. The number of hydrogen-bond donors (Lipinski definition) is 2. The van der Waals surface area contributed by atoms with Gasteiger partial charge in [-0.15, -0.1) is 0 Å². The molecule has 4 heteroatoms. The fraction of sp³-hybridized carbons (Fsp3) is 0.600. The molecule has 2 N–H and O–H groups in total. The van der Waals surface area contributed by atoms with E-state index in [9.17, 15) is 4.79 Å². The molecule has 4 nitrogen and oxygen atoms in total. The predicted molar refractivity (Wildman–Crippen MR) is 78.9 cm³/mol. The molecule has 0 aliphatic rings. The van der Waals surface area contributed by atoms with Crippen molar-refractivity contribution in [2.24, 2.45) is 5.41 Å². The molecule has 106 valence electrons. The van der Waals surface area contributed by atoms with E-state index >= 15 is 0 Å². The molecule has 1 aromatic heterocycles. The minimum atomic E-state index is -0.393. The minimum absolute atomic E-state index is 0.0218. The van der Waals surface area contributed by atoms with Crippen molar-refractivity contribution in [1.82, 2.24) is 10.3 Å². The van der Waals surface area contributed by atoms with Crippen LogP contribution in [0.2, 0.25) is 0 Å². The van der Waals surface area contributed by atoms with Crippen LogP contribution < -0.4 is 10.6 Å². The number of hydrogen-bond acceptors (Lipinski definition) is 3. The molecule has 0 saturated heterocycles. The minimum Gasteiger partial charge on any atom is -0.325 e. The number of rotatable bonds is 6. The van der Waals surface area contributed by atoms with Gasteiger partial charge in [0.2, 0.25) is 5.91 Å². The van der Waals surface area contributed by atoms with Crippen LogP contribution in [0.4, 0.5) is 5.69 Å². The molecule has 1 aromatic rings. The van der Waals surface area contributed by atoms with Crippen molar-refractivity contribution in [3.05, 3.63) is 24.0 Å². The highest BCUT2D eigenvalue weighted by Gasteiger charge is 2.21. The average Bonchev–Trinajstić information content (AvgIpc) is 2.35. The number of carbonyl (C=O) groups is 1. The Bertz CT molecular complexity index is 410. The van der Waals surface area contributed by atoms with Crippen molar-refractivity contribution in [3.63, 3.8) is 0 Å². The van der Waals surface area contributed by atoms with E-state index in [0.29, 0.717) is 0 Å². The topological polar surface area (TPSA) is 54.0 Å². The molecule has 0 unspecified atom stereocenters. The molecule has 0 radical (unpaired) electrons. The summed E-state index contributed by atoms with van der Waals surface area (Å²) < 4.78 is 0. The van der Waals surface area contributed by atoms with Gasteiger partial charge in [0.1, 0.15) is 0 Å². The molecule has 0 aromatic carbocycles. The summed E-state index contributed by atoms with van der Waals surface area (Å²) in [5.41, 5.74) is 1.48. The van der Waals surface area contributed by atoms with Crippen molar-refractivity contribution in [2.45, 2.75) is 47.1 Å². The van der Waals surface area contributed by atoms with Crippen LogP contribution in [0.1, 0.15) is 46.1 Å². The van der Waals surface area contributed by atoms with Gasteiger partial charge in [0.25, 0.3) is 0 Å². The van der Waals surface area contributed by atoms with Crippen LogP contribution in [0.3, 0.4) is 0 Å². The highest BCUT2D eigenvalue weighted by molar-refractivity contribution is 5.95. The molecule has 19 heavy (non-hydrogen) atoms. The van der Waals surface area contributed by atoms with Crippen LogP contribution in [0.15, 0.2) is 18.5 Å². The predicted octanol–water partition coefficient (Wildman–Crippen LogP) is 2.96. The van der Waals surface area contributed by atoms with E-state index in [1.54, 1.807) is 12.4 Å². The van der Waals surface area contributed by atoms with Gasteiger partial charge in [0.15, 0.2) is 0 Å². The van der Waals surface area contributed by atoms with Crippen LogP contribution in [-0.2, 0) is 11.3 Å². The first kappa shape index (κ1) is 15.6. The third kappa shape index (κ3) is 5.39. The second-order valence-corrected chi connectivity index (χ2v) is 5.77. The number of carbonyl (C=O) groups excluding carboxylic acids is 1. The van der Waals surface area contributed by atoms with Crippen LogP contribution in [0, 0.1) is 5.41 Å². The first-order valence-electron chi connectivity index (χ1n) is 6.90. The Labute approximate surface area is 116 Å². The highest BCUT2D eigenvalue weighted by atomic mass is 16.2. The summed E-state index contributed by atoms with van der Waals surface area (Å²) in [5, 5.41) is 6.34. The normalized spacial score (nSPS) is 11.4. The van der Waals surface area contributed by atoms with Gasteiger partial charge in [-0.05, 0) is 19.0 Å². The number of nitrogens with one attached hydrogen (secondary N) is 2. The summed E-state index contributed by atoms with van der Waals surface area (Å²) in [6, 6.07) is 1.85. The van der Waals surface area contributed by atoms with Crippen molar-refractivity contribution < 1.29 is 4.79 Å². The molecule has 0 fully saturated rings. The van der Waals surface area contributed by atoms with E-state index in [1.165, 1.54) is 6.42 Å². The van der Waals surface area contributed by atoms with E-state index in [2.05, 4.69) is 22.5 Å². The van der Waals surface area contributed by atoms with Crippen LogP contribution in [-0.4, -0.2) is 17.4 Å². The maximum absolute atomic E-state index is 12.0. The quantitative estimate of drug-likeness (QED) is 0.776.